The van der Waals surface area contributed by atoms with Crippen LogP contribution in [-0.4, -0.2) is 112 Å². The van der Waals surface area contributed by atoms with Gasteiger partial charge < -0.3 is 19.4 Å². The number of ether oxygens (including phenoxy) is 1. The molecule has 1 aromatic carbocycles. The number of rotatable bonds is 6. The molecule has 1 amide bonds. The van der Waals surface area contributed by atoms with Crippen molar-refractivity contribution in [2.75, 3.05) is 86.8 Å². The van der Waals surface area contributed by atoms with Crippen molar-refractivity contribution in [3.8, 4) is 0 Å². The fourth-order valence-corrected chi connectivity index (χ4v) is 8.30. The highest BCUT2D eigenvalue weighted by Gasteiger charge is 2.35. The maximum absolute atomic E-state index is 13.6. The van der Waals surface area contributed by atoms with Gasteiger partial charge in [-0.15, -0.1) is 10.2 Å². The first-order valence-corrected chi connectivity index (χ1v) is 16.0. The SMILES string of the molecule is O=C1CCc2cc(S(=O)(=O)N3CCN(c4ccc(N5CCN(CC6CCCO6)CC5)nn4)CC3)cc3c2N1CC3. The molecule has 0 saturated carbocycles. The summed E-state index contributed by atoms with van der Waals surface area (Å²) in [5, 5.41) is 9.03. The standard InChI is InChI=1S/C28H37N7O4S/c36-27-6-3-21-18-24(19-22-7-8-35(27)28(21)22)40(37,38)34-15-13-33(14-16-34)26-5-4-25(29-30-26)32-11-9-31(10-12-32)20-23-2-1-17-39-23/h4-5,18-19,23H,1-3,6-17,20H2. The predicted octanol–water partition coefficient (Wildman–Crippen LogP) is 1.12. The zero-order chi connectivity index (χ0) is 27.3. The number of carbonyl (C=O) groups excluding carboxylic acids is 1. The van der Waals surface area contributed by atoms with E-state index < -0.39 is 10.0 Å². The molecule has 11 nitrogen and oxygen atoms in total. The van der Waals surface area contributed by atoms with Gasteiger partial charge in [-0.2, -0.15) is 4.31 Å². The number of hydrogen-bond acceptors (Lipinski definition) is 9. The fourth-order valence-electron chi connectivity index (χ4n) is 6.77. The monoisotopic (exact) mass is 567 g/mol. The maximum atomic E-state index is 13.6. The minimum Gasteiger partial charge on any atom is -0.377 e. The van der Waals surface area contributed by atoms with E-state index in [0.29, 0.717) is 63.0 Å². The first-order chi connectivity index (χ1) is 19.5. The Balaban J connectivity index is 0.954. The molecule has 6 heterocycles. The largest absolute Gasteiger partial charge is 0.377 e. The Morgan fingerprint density at radius 3 is 2.10 bits per heavy atom. The van der Waals surface area contributed by atoms with Gasteiger partial charge in [0, 0.05) is 78.5 Å². The van der Waals surface area contributed by atoms with Crippen LogP contribution in [0.15, 0.2) is 29.2 Å². The van der Waals surface area contributed by atoms with Crippen LogP contribution >= 0.6 is 0 Å². The average molecular weight is 568 g/mol. The van der Waals surface area contributed by atoms with Crippen molar-refractivity contribution in [2.24, 2.45) is 0 Å². The summed E-state index contributed by atoms with van der Waals surface area (Å²) < 4.78 is 34.5. The average Bonchev–Trinajstić information content (AvgIpc) is 3.67. The Kier molecular flexibility index (Phi) is 6.89. The molecule has 2 aromatic rings. The molecule has 1 unspecified atom stereocenters. The highest BCUT2D eigenvalue weighted by atomic mass is 32.2. The topological polar surface area (TPSA) is 102 Å². The van der Waals surface area contributed by atoms with Crippen LogP contribution in [0.2, 0.25) is 0 Å². The summed E-state index contributed by atoms with van der Waals surface area (Å²) >= 11 is 0. The van der Waals surface area contributed by atoms with Crippen LogP contribution in [0, 0.1) is 0 Å². The molecular formula is C28H37N7O4S. The molecule has 3 fully saturated rings. The molecule has 5 aliphatic rings. The number of anilines is 3. The summed E-state index contributed by atoms with van der Waals surface area (Å²) in [6, 6.07) is 7.61. The molecule has 0 aliphatic carbocycles. The molecule has 3 saturated heterocycles. The van der Waals surface area contributed by atoms with Gasteiger partial charge in [-0.3, -0.25) is 9.69 Å². The van der Waals surface area contributed by atoms with Crippen LogP contribution in [0.3, 0.4) is 0 Å². The van der Waals surface area contributed by atoms with Crippen LogP contribution in [0.25, 0.3) is 0 Å². The van der Waals surface area contributed by atoms with Gasteiger partial charge in [0.15, 0.2) is 11.6 Å². The second-order valence-corrected chi connectivity index (χ2v) is 13.4. The molecule has 5 aliphatic heterocycles. The molecule has 0 spiro atoms. The van der Waals surface area contributed by atoms with E-state index in [1.807, 2.05) is 17.0 Å². The van der Waals surface area contributed by atoms with Gasteiger partial charge in [0.2, 0.25) is 15.9 Å². The van der Waals surface area contributed by atoms with Gasteiger partial charge in [-0.1, -0.05) is 0 Å². The van der Waals surface area contributed by atoms with Crippen molar-refractivity contribution in [1.29, 1.82) is 0 Å². The Hall–Kier alpha value is -2.80. The van der Waals surface area contributed by atoms with E-state index >= 15 is 0 Å². The fraction of sp³-hybridized carbons (Fsp3) is 0.607. The second kappa shape index (κ2) is 10.6. The Morgan fingerprint density at radius 2 is 1.48 bits per heavy atom. The zero-order valence-corrected chi connectivity index (χ0v) is 23.7. The molecule has 0 N–H and O–H groups in total. The summed E-state index contributed by atoms with van der Waals surface area (Å²) in [5.74, 6) is 1.81. The van der Waals surface area contributed by atoms with Gasteiger partial charge in [-0.25, -0.2) is 8.42 Å². The Morgan fingerprint density at radius 1 is 0.825 bits per heavy atom. The van der Waals surface area contributed by atoms with Crippen LogP contribution in [0.1, 0.15) is 30.4 Å². The van der Waals surface area contributed by atoms with Gasteiger partial charge in [-0.05, 0) is 61.1 Å². The molecular weight excluding hydrogens is 530 g/mol. The number of carbonyl (C=O) groups is 1. The van der Waals surface area contributed by atoms with E-state index in [-0.39, 0.29) is 5.91 Å². The third kappa shape index (κ3) is 4.84. The van der Waals surface area contributed by atoms with Crippen molar-refractivity contribution < 1.29 is 17.9 Å². The Bertz CT molecular complexity index is 1360. The van der Waals surface area contributed by atoms with Crippen LogP contribution in [0.4, 0.5) is 17.3 Å². The Labute approximate surface area is 235 Å². The second-order valence-electron chi connectivity index (χ2n) is 11.4. The lowest BCUT2D eigenvalue weighted by Gasteiger charge is -2.36. The van der Waals surface area contributed by atoms with Crippen molar-refractivity contribution in [1.82, 2.24) is 19.4 Å². The molecule has 1 aromatic heterocycles. The van der Waals surface area contributed by atoms with Crippen molar-refractivity contribution in [3.63, 3.8) is 0 Å². The number of benzene rings is 1. The van der Waals surface area contributed by atoms with Crippen LogP contribution in [0.5, 0.6) is 0 Å². The first-order valence-electron chi connectivity index (χ1n) is 14.6. The quantitative estimate of drug-likeness (QED) is 0.508. The molecule has 12 heteroatoms. The maximum Gasteiger partial charge on any atom is 0.243 e. The molecule has 7 rings (SSSR count). The van der Waals surface area contributed by atoms with Crippen molar-refractivity contribution in [2.45, 2.75) is 43.1 Å². The highest BCUT2D eigenvalue weighted by Crippen LogP contribution is 2.39. The summed E-state index contributed by atoms with van der Waals surface area (Å²) in [6.45, 7) is 8.35. The van der Waals surface area contributed by atoms with Crippen molar-refractivity contribution >= 4 is 33.3 Å². The number of amides is 1. The normalized spacial score (nSPS) is 24.1. The van der Waals surface area contributed by atoms with E-state index in [9.17, 15) is 13.2 Å². The van der Waals surface area contributed by atoms with Gasteiger partial charge >= 0.3 is 0 Å². The van der Waals surface area contributed by atoms with Crippen LogP contribution in [-0.2, 0) is 32.4 Å². The number of sulfonamides is 1. The first kappa shape index (κ1) is 26.1. The lowest BCUT2D eigenvalue weighted by Crippen LogP contribution is -2.49. The third-order valence-corrected chi connectivity index (χ3v) is 10.9. The molecule has 0 radical (unpaired) electrons. The summed E-state index contributed by atoms with van der Waals surface area (Å²) in [5.41, 5.74) is 2.90. The lowest BCUT2D eigenvalue weighted by atomic mass is 10.00. The minimum atomic E-state index is -3.61. The number of aryl methyl sites for hydroxylation is 1. The van der Waals surface area contributed by atoms with Gasteiger partial charge in [0.05, 0.1) is 16.7 Å². The highest BCUT2D eigenvalue weighted by molar-refractivity contribution is 7.89. The number of piperazine rings is 2. The predicted molar refractivity (Wildman–Crippen MR) is 151 cm³/mol. The van der Waals surface area contributed by atoms with E-state index in [4.69, 9.17) is 4.74 Å². The number of hydrogen-bond donors (Lipinski definition) is 0. The molecule has 0 bridgehead atoms. The molecule has 1 atom stereocenters. The molecule has 40 heavy (non-hydrogen) atoms. The van der Waals surface area contributed by atoms with Crippen LogP contribution < -0.4 is 14.7 Å². The summed E-state index contributed by atoms with van der Waals surface area (Å²) in [6.07, 6.45) is 4.50. The van der Waals surface area contributed by atoms with Crippen molar-refractivity contribution in [3.05, 3.63) is 35.4 Å². The summed E-state index contributed by atoms with van der Waals surface area (Å²) in [7, 11) is -3.61. The number of nitrogens with zero attached hydrogens (tertiary/aromatic N) is 7. The minimum absolute atomic E-state index is 0.141. The van der Waals surface area contributed by atoms with E-state index in [0.717, 1.165) is 67.8 Å². The van der Waals surface area contributed by atoms with Gasteiger partial charge in [0.25, 0.3) is 0 Å². The smallest absolute Gasteiger partial charge is 0.243 e. The zero-order valence-electron chi connectivity index (χ0n) is 22.9. The molecule has 214 valence electrons. The van der Waals surface area contributed by atoms with E-state index in [1.165, 1.54) is 12.8 Å². The lowest BCUT2D eigenvalue weighted by molar-refractivity contribution is -0.118. The third-order valence-electron chi connectivity index (χ3n) is 9.04. The summed E-state index contributed by atoms with van der Waals surface area (Å²) in [4.78, 5) is 21.3. The van der Waals surface area contributed by atoms with E-state index in [1.54, 1.807) is 16.4 Å². The van der Waals surface area contributed by atoms with E-state index in [2.05, 4.69) is 24.9 Å². The number of aromatic nitrogens is 2. The van der Waals surface area contributed by atoms with Gasteiger partial charge in [0.1, 0.15) is 0 Å².